The Bertz CT molecular complexity index is 150. The van der Waals surface area contributed by atoms with E-state index in [2.05, 4.69) is 11.8 Å². The fourth-order valence-corrected chi connectivity index (χ4v) is 1.84. The van der Waals surface area contributed by atoms with Crippen molar-refractivity contribution in [1.29, 1.82) is 0 Å². The van der Waals surface area contributed by atoms with Crippen LogP contribution >= 0.6 is 0 Å². The molecule has 2 atom stereocenters. The van der Waals surface area contributed by atoms with Gasteiger partial charge in [0.25, 0.3) is 0 Å². The molecule has 1 aliphatic heterocycles. The van der Waals surface area contributed by atoms with E-state index in [9.17, 15) is 0 Å². The second kappa shape index (κ2) is 6.38. The molecule has 0 amide bonds. The molecule has 0 radical (unpaired) electrons. The Morgan fingerprint density at radius 1 is 1.50 bits per heavy atom. The summed E-state index contributed by atoms with van der Waals surface area (Å²) < 4.78 is 5.61. The summed E-state index contributed by atoms with van der Waals surface area (Å²) in [5, 5.41) is 0. The number of morpholine rings is 1. The molecule has 84 valence electrons. The smallest absolute Gasteiger partial charge is 0.0850 e. The number of ether oxygens (including phenoxy) is 1. The van der Waals surface area contributed by atoms with Gasteiger partial charge in [-0.15, -0.1) is 0 Å². The molecule has 2 N–H and O–H groups in total. The molecule has 1 rings (SSSR count). The molecule has 1 aliphatic rings. The van der Waals surface area contributed by atoms with Gasteiger partial charge in [-0.2, -0.15) is 0 Å². The van der Waals surface area contributed by atoms with E-state index in [0.717, 1.165) is 19.7 Å². The summed E-state index contributed by atoms with van der Waals surface area (Å²) in [6.07, 6.45) is 4.18. The van der Waals surface area contributed by atoms with Crippen LogP contribution in [0.15, 0.2) is 0 Å². The molecule has 0 aromatic heterocycles. The van der Waals surface area contributed by atoms with Gasteiger partial charge in [0.1, 0.15) is 0 Å². The fourth-order valence-electron chi connectivity index (χ4n) is 1.84. The molecule has 2 unspecified atom stereocenters. The number of hydrogen-bond acceptors (Lipinski definition) is 3. The Labute approximate surface area is 87.6 Å². The van der Waals surface area contributed by atoms with Crippen molar-refractivity contribution in [2.24, 2.45) is 5.73 Å². The maximum atomic E-state index is 5.83. The standard InChI is InChI=1S/C11H24N2O/c1-3-4-5-6-13-7-8-14-11(9-13)10(2)12/h10-11H,3-9,12H2,1-2H3. The quantitative estimate of drug-likeness (QED) is 0.678. The molecule has 0 aromatic rings. The minimum absolute atomic E-state index is 0.156. The first kappa shape index (κ1) is 12.0. The summed E-state index contributed by atoms with van der Waals surface area (Å²) in [6.45, 7) is 8.41. The number of rotatable bonds is 5. The number of nitrogens with zero attached hydrogens (tertiary/aromatic N) is 1. The molecule has 0 aromatic carbocycles. The molecular formula is C11H24N2O. The summed E-state index contributed by atoms with van der Waals surface area (Å²) >= 11 is 0. The highest BCUT2D eigenvalue weighted by atomic mass is 16.5. The van der Waals surface area contributed by atoms with Gasteiger partial charge in [-0.1, -0.05) is 19.8 Å². The Balaban J connectivity index is 2.19. The molecular weight excluding hydrogens is 176 g/mol. The summed E-state index contributed by atoms with van der Waals surface area (Å²) in [5.41, 5.74) is 5.83. The van der Waals surface area contributed by atoms with E-state index in [1.807, 2.05) is 6.92 Å². The van der Waals surface area contributed by atoms with Crippen molar-refractivity contribution < 1.29 is 4.74 Å². The van der Waals surface area contributed by atoms with Crippen molar-refractivity contribution in [1.82, 2.24) is 4.90 Å². The highest BCUT2D eigenvalue weighted by Gasteiger charge is 2.22. The van der Waals surface area contributed by atoms with Crippen LogP contribution in [0, 0.1) is 0 Å². The van der Waals surface area contributed by atoms with Crippen LogP contribution in [-0.2, 0) is 4.74 Å². The Kier molecular flexibility index (Phi) is 5.45. The molecule has 3 heteroatoms. The molecule has 0 saturated carbocycles. The second-order valence-electron chi connectivity index (χ2n) is 4.28. The minimum Gasteiger partial charge on any atom is -0.374 e. The molecule has 1 heterocycles. The molecule has 14 heavy (non-hydrogen) atoms. The first-order valence-corrected chi connectivity index (χ1v) is 5.83. The van der Waals surface area contributed by atoms with Gasteiger partial charge < -0.3 is 10.5 Å². The summed E-state index contributed by atoms with van der Waals surface area (Å²) in [6, 6.07) is 0.156. The van der Waals surface area contributed by atoms with Crippen LogP contribution in [0.4, 0.5) is 0 Å². The third-order valence-electron chi connectivity index (χ3n) is 2.84. The van der Waals surface area contributed by atoms with Crippen LogP contribution in [0.1, 0.15) is 33.1 Å². The van der Waals surface area contributed by atoms with Gasteiger partial charge in [0.2, 0.25) is 0 Å². The van der Waals surface area contributed by atoms with E-state index in [1.165, 1.54) is 25.8 Å². The predicted molar refractivity (Wildman–Crippen MR) is 59.4 cm³/mol. The topological polar surface area (TPSA) is 38.5 Å². The number of unbranched alkanes of at least 4 members (excludes halogenated alkanes) is 2. The highest BCUT2D eigenvalue weighted by Crippen LogP contribution is 2.09. The van der Waals surface area contributed by atoms with Gasteiger partial charge in [-0.25, -0.2) is 0 Å². The SMILES string of the molecule is CCCCCN1CCOC(C(C)N)C1. The summed E-state index contributed by atoms with van der Waals surface area (Å²) in [7, 11) is 0. The maximum absolute atomic E-state index is 5.83. The first-order chi connectivity index (χ1) is 6.74. The second-order valence-corrected chi connectivity index (χ2v) is 4.28. The zero-order valence-corrected chi connectivity index (χ0v) is 9.54. The lowest BCUT2D eigenvalue weighted by Gasteiger charge is -2.34. The van der Waals surface area contributed by atoms with E-state index in [0.29, 0.717) is 0 Å². The Morgan fingerprint density at radius 2 is 2.29 bits per heavy atom. The van der Waals surface area contributed by atoms with Crippen LogP contribution in [0.25, 0.3) is 0 Å². The van der Waals surface area contributed by atoms with Crippen LogP contribution in [0.3, 0.4) is 0 Å². The average molecular weight is 200 g/mol. The number of hydrogen-bond donors (Lipinski definition) is 1. The lowest BCUT2D eigenvalue weighted by Crippen LogP contribution is -2.49. The van der Waals surface area contributed by atoms with Crippen LogP contribution in [0.2, 0.25) is 0 Å². The van der Waals surface area contributed by atoms with Crippen molar-refractivity contribution in [3.8, 4) is 0 Å². The highest BCUT2D eigenvalue weighted by molar-refractivity contribution is 4.77. The molecule has 1 saturated heterocycles. The van der Waals surface area contributed by atoms with E-state index in [4.69, 9.17) is 10.5 Å². The molecule has 3 nitrogen and oxygen atoms in total. The van der Waals surface area contributed by atoms with Crippen molar-refractivity contribution in [2.45, 2.75) is 45.3 Å². The molecule has 0 spiro atoms. The van der Waals surface area contributed by atoms with E-state index < -0.39 is 0 Å². The van der Waals surface area contributed by atoms with Crippen molar-refractivity contribution >= 4 is 0 Å². The minimum atomic E-state index is 0.156. The third-order valence-corrected chi connectivity index (χ3v) is 2.84. The van der Waals surface area contributed by atoms with Gasteiger partial charge in [0.05, 0.1) is 12.7 Å². The largest absolute Gasteiger partial charge is 0.374 e. The molecule has 0 aliphatic carbocycles. The van der Waals surface area contributed by atoms with Gasteiger partial charge in [-0.05, 0) is 19.9 Å². The zero-order valence-electron chi connectivity index (χ0n) is 9.54. The molecule has 0 bridgehead atoms. The first-order valence-electron chi connectivity index (χ1n) is 5.83. The van der Waals surface area contributed by atoms with Gasteiger partial charge in [0.15, 0.2) is 0 Å². The average Bonchev–Trinajstić information content (AvgIpc) is 2.19. The zero-order chi connectivity index (χ0) is 10.4. The lowest BCUT2D eigenvalue weighted by atomic mass is 10.1. The van der Waals surface area contributed by atoms with Crippen LogP contribution < -0.4 is 5.73 Å². The lowest BCUT2D eigenvalue weighted by molar-refractivity contribution is -0.0379. The fraction of sp³-hybridized carbons (Fsp3) is 1.00. The summed E-state index contributed by atoms with van der Waals surface area (Å²) in [4.78, 5) is 2.48. The number of nitrogens with two attached hydrogens (primary N) is 1. The van der Waals surface area contributed by atoms with Crippen LogP contribution in [0.5, 0.6) is 0 Å². The van der Waals surface area contributed by atoms with E-state index >= 15 is 0 Å². The molecule has 1 fully saturated rings. The van der Waals surface area contributed by atoms with E-state index in [1.54, 1.807) is 0 Å². The Morgan fingerprint density at radius 3 is 2.93 bits per heavy atom. The monoisotopic (exact) mass is 200 g/mol. The van der Waals surface area contributed by atoms with Crippen LogP contribution in [-0.4, -0.2) is 43.3 Å². The van der Waals surface area contributed by atoms with Crippen molar-refractivity contribution in [3.05, 3.63) is 0 Å². The van der Waals surface area contributed by atoms with Gasteiger partial charge >= 0.3 is 0 Å². The van der Waals surface area contributed by atoms with Gasteiger partial charge in [-0.3, -0.25) is 4.90 Å². The van der Waals surface area contributed by atoms with Gasteiger partial charge in [0, 0.05) is 19.1 Å². The normalized spacial score (nSPS) is 26.4. The van der Waals surface area contributed by atoms with Crippen molar-refractivity contribution in [2.75, 3.05) is 26.2 Å². The van der Waals surface area contributed by atoms with Crippen molar-refractivity contribution in [3.63, 3.8) is 0 Å². The van der Waals surface area contributed by atoms with E-state index in [-0.39, 0.29) is 12.1 Å². The predicted octanol–water partition coefficient (Wildman–Crippen LogP) is 1.22. The Hall–Kier alpha value is -0.120. The maximum Gasteiger partial charge on any atom is 0.0850 e. The summed E-state index contributed by atoms with van der Waals surface area (Å²) in [5.74, 6) is 0. The third kappa shape index (κ3) is 3.95.